The minimum atomic E-state index is -5.34. The van der Waals surface area contributed by atoms with Crippen molar-refractivity contribution in [3.63, 3.8) is 0 Å². The molecule has 2 aromatic rings. The van der Waals surface area contributed by atoms with Crippen LogP contribution in [0.2, 0.25) is 0 Å². The minimum Gasteiger partial charge on any atom is -0.469 e. The molecule has 0 bridgehead atoms. The first kappa shape index (κ1) is 36.0. The minimum absolute atomic E-state index is 0.0122. The van der Waals surface area contributed by atoms with Gasteiger partial charge in [-0.15, -0.1) is 10.2 Å². The van der Waals surface area contributed by atoms with E-state index in [4.69, 9.17) is 0 Å². The number of carbonyl (C=O) groups is 3. The van der Waals surface area contributed by atoms with E-state index < -0.39 is 68.3 Å². The highest BCUT2D eigenvalue weighted by Crippen LogP contribution is 2.37. The quantitative estimate of drug-likeness (QED) is 0.148. The molecule has 0 aliphatic carbocycles. The molecule has 240 valence electrons. The van der Waals surface area contributed by atoms with Gasteiger partial charge in [-0.05, 0) is 30.3 Å². The molecule has 0 fully saturated rings. The fourth-order valence-corrected chi connectivity index (χ4v) is 6.31. The lowest BCUT2D eigenvalue weighted by Crippen LogP contribution is -2.29. The summed E-state index contributed by atoms with van der Waals surface area (Å²) in [5.41, 5.74) is -0.605. The molecule has 0 heterocycles. The number of ether oxygens (including phenoxy) is 2. The van der Waals surface area contributed by atoms with Gasteiger partial charge in [-0.3, -0.25) is 23.5 Å². The number of methoxy groups -OCH3 is 2. The predicted molar refractivity (Wildman–Crippen MR) is 154 cm³/mol. The van der Waals surface area contributed by atoms with E-state index in [2.05, 4.69) is 31.6 Å². The van der Waals surface area contributed by atoms with Gasteiger partial charge in [-0.2, -0.15) is 16.8 Å². The van der Waals surface area contributed by atoms with Crippen LogP contribution in [0.3, 0.4) is 0 Å². The highest BCUT2D eigenvalue weighted by molar-refractivity contribution is 7.95. The Bertz CT molecular complexity index is 1800. The maximum absolute atomic E-state index is 12.5. The lowest BCUT2D eigenvalue weighted by atomic mass is 10.2. The number of amides is 1. The summed E-state index contributed by atoms with van der Waals surface area (Å²) >= 11 is 0. The van der Waals surface area contributed by atoms with Crippen LogP contribution in [-0.4, -0.2) is 79.5 Å². The Hall–Kier alpha value is -4.24. The van der Waals surface area contributed by atoms with Gasteiger partial charge in [-0.1, -0.05) is 6.58 Å². The lowest BCUT2D eigenvalue weighted by Gasteiger charge is -2.25. The number of benzene rings is 2. The fraction of sp³-hybridized carbons (Fsp3) is 0.292. The van der Waals surface area contributed by atoms with Crippen LogP contribution in [-0.2, 0) is 53.9 Å². The molecule has 0 saturated heterocycles. The summed E-state index contributed by atoms with van der Waals surface area (Å²) in [4.78, 5) is 33.3. The summed E-state index contributed by atoms with van der Waals surface area (Å²) in [5.74, 6) is -1.65. The molecule has 1 amide bonds. The standard InChI is InChI=1S/C24H28N4O13S3/c1-5-42(32,33)21-13-19(20(43(34,35)36)14-22(21)44(37,38)39)27-26-17-7-6-16(12-18(17)25-15(2)29)28(10-8-23(30)40-3)11-9-24(31)41-4/h5-7,12-14H,1,8-11H2,2-4H3,(H,25,29)(H,34,35,36)(H,37,38,39)/b27-26+. The summed E-state index contributed by atoms with van der Waals surface area (Å²) in [7, 11) is -12.8. The molecule has 0 atom stereocenters. The molecule has 0 spiro atoms. The Balaban J connectivity index is 2.74. The van der Waals surface area contributed by atoms with Gasteiger partial charge in [-0.25, -0.2) is 8.42 Å². The molecular weight excluding hydrogens is 648 g/mol. The Morgan fingerprint density at radius 1 is 0.841 bits per heavy atom. The Kier molecular flexibility index (Phi) is 11.8. The van der Waals surface area contributed by atoms with Gasteiger partial charge >= 0.3 is 11.9 Å². The van der Waals surface area contributed by atoms with E-state index in [1.807, 2.05) is 0 Å². The maximum atomic E-state index is 12.5. The second kappa shape index (κ2) is 14.5. The average molecular weight is 677 g/mol. The Morgan fingerprint density at radius 2 is 1.36 bits per heavy atom. The zero-order chi connectivity index (χ0) is 33.5. The second-order valence-corrected chi connectivity index (χ2v) is 13.3. The number of esters is 2. The van der Waals surface area contributed by atoms with Gasteiger partial charge < -0.3 is 19.7 Å². The molecule has 0 aromatic heterocycles. The van der Waals surface area contributed by atoms with Gasteiger partial charge in [0.15, 0.2) is 0 Å². The smallest absolute Gasteiger partial charge is 0.307 e. The zero-order valence-electron chi connectivity index (χ0n) is 23.5. The SMILES string of the molecule is C=CS(=O)(=O)c1cc(/N=N/c2ccc(N(CCC(=O)OC)CCC(=O)OC)cc2NC(C)=O)c(S(=O)(=O)O)cc1S(=O)(=O)O. The van der Waals surface area contributed by atoms with Crippen molar-refractivity contribution in [1.29, 1.82) is 0 Å². The molecule has 3 N–H and O–H groups in total. The largest absolute Gasteiger partial charge is 0.469 e. The third kappa shape index (κ3) is 9.64. The molecular formula is C24H28N4O13S3. The molecule has 20 heteroatoms. The van der Waals surface area contributed by atoms with Gasteiger partial charge in [0, 0.05) is 31.1 Å². The first-order valence-electron chi connectivity index (χ1n) is 12.1. The van der Waals surface area contributed by atoms with Crippen LogP contribution in [0.4, 0.5) is 22.7 Å². The van der Waals surface area contributed by atoms with Crippen LogP contribution in [0.5, 0.6) is 0 Å². The van der Waals surface area contributed by atoms with Crippen molar-refractivity contribution in [2.45, 2.75) is 34.5 Å². The second-order valence-electron chi connectivity index (χ2n) is 8.65. The number of nitrogens with one attached hydrogen (secondary N) is 1. The molecule has 44 heavy (non-hydrogen) atoms. The molecule has 0 aliphatic rings. The number of sulfone groups is 1. The maximum Gasteiger partial charge on any atom is 0.307 e. The first-order valence-corrected chi connectivity index (χ1v) is 16.5. The third-order valence-corrected chi connectivity index (χ3v) is 8.95. The van der Waals surface area contributed by atoms with E-state index in [0.29, 0.717) is 17.2 Å². The van der Waals surface area contributed by atoms with Crippen LogP contribution in [0.1, 0.15) is 19.8 Å². The molecule has 0 aliphatic heterocycles. The number of hydrogen-bond acceptors (Lipinski definition) is 14. The molecule has 2 rings (SSSR count). The van der Waals surface area contributed by atoms with Crippen LogP contribution >= 0.6 is 0 Å². The van der Waals surface area contributed by atoms with Gasteiger partial charge in [0.25, 0.3) is 20.2 Å². The first-order chi connectivity index (χ1) is 20.3. The summed E-state index contributed by atoms with van der Waals surface area (Å²) in [6.07, 6.45) is -0.134. The van der Waals surface area contributed by atoms with Crippen LogP contribution in [0.15, 0.2) is 67.2 Å². The Morgan fingerprint density at radius 3 is 1.82 bits per heavy atom. The van der Waals surface area contributed by atoms with Crippen molar-refractivity contribution >= 4 is 70.7 Å². The Labute approximate surface area is 253 Å². The molecule has 0 radical (unpaired) electrons. The van der Waals surface area contributed by atoms with E-state index in [0.717, 1.165) is 6.92 Å². The van der Waals surface area contributed by atoms with Crippen molar-refractivity contribution in [3.8, 4) is 0 Å². The van der Waals surface area contributed by atoms with E-state index in [1.54, 1.807) is 4.90 Å². The predicted octanol–water partition coefficient (Wildman–Crippen LogP) is 2.40. The monoisotopic (exact) mass is 676 g/mol. The van der Waals surface area contributed by atoms with E-state index in [9.17, 15) is 48.7 Å². The van der Waals surface area contributed by atoms with Crippen molar-refractivity contribution in [1.82, 2.24) is 0 Å². The van der Waals surface area contributed by atoms with E-state index in [-0.39, 0.29) is 43.4 Å². The fourth-order valence-electron chi connectivity index (χ4n) is 3.56. The number of rotatable bonds is 14. The number of anilines is 2. The molecule has 2 aromatic carbocycles. The van der Waals surface area contributed by atoms with Gasteiger partial charge in [0.05, 0.1) is 37.6 Å². The lowest BCUT2D eigenvalue weighted by molar-refractivity contribution is -0.140. The highest BCUT2D eigenvalue weighted by atomic mass is 32.2. The van der Waals surface area contributed by atoms with Gasteiger partial charge in [0.1, 0.15) is 21.2 Å². The normalized spacial score (nSPS) is 12.0. The third-order valence-electron chi connectivity index (χ3n) is 5.66. The van der Waals surface area contributed by atoms with E-state index in [1.165, 1.54) is 32.4 Å². The van der Waals surface area contributed by atoms with Crippen molar-refractivity contribution in [3.05, 3.63) is 42.3 Å². The number of nitrogens with zero attached hydrogens (tertiary/aromatic N) is 3. The van der Waals surface area contributed by atoms with Gasteiger partial charge in [0.2, 0.25) is 15.7 Å². The summed E-state index contributed by atoms with van der Waals surface area (Å²) in [6.45, 7) is 4.40. The number of hydrogen-bond donors (Lipinski definition) is 3. The molecule has 0 saturated carbocycles. The highest BCUT2D eigenvalue weighted by Gasteiger charge is 2.29. The number of azo groups is 1. The van der Waals surface area contributed by atoms with E-state index >= 15 is 0 Å². The van der Waals surface area contributed by atoms with Crippen LogP contribution < -0.4 is 10.2 Å². The summed E-state index contributed by atoms with van der Waals surface area (Å²) in [6, 6.07) is 4.78. The number of carbonyl (C=O) groups excluding carboxylic acids is 3. The summed E-state index contributed by atoms with van der Waals surface area (Å²) in [5, 5.41) is 10.4. The van der Waals surface area contributed by atoms with Crippen LogP contribution in [0.25, 0.3) is 0 Å². The zero-order valence-corrected chi connectivity index (χ0v) is 25.9. The summed E-state index contributed by atoms with van der Waals surface area (Å²) < 4.78 is 101. The average Bonchev–Trinajstić information content (AvgIpc) is 2.94. The van der Waals surface area contributed by atoms with Crippen molar-refractivity contribution in [2.24, 2.45) is 10.2 Å². The van der Waals surface area contributed by atoms with Crippen molar-refractivity contribution in [2.75, 3.05) is 37.5 Å². The van der Waals surface area contributed by atoms with Crippen LogP contribution in [0, 0.1) is 0 Å². The van der Waals surface area contributed by atoms with Crippen molar-refractivity contribution < 1.29 is 58.2 Å². The molecule has 0 unspecified atom stereocenters. The topological polar surface area (TPSA) is 253 Å². The molecule has 17 nitrogen and oxygen atoms in total.